The quantitative estimate of drug-likeness (QED) is 0.741. The maximum Gasteiger partial charge on any atom is 0.315 e. The van der Waals surface area contributed by atoms with E-state index in [1.54, 1.807) is 0 Å². The molecular formula is C6H9F2N3O. The summed E-state index contributed by atoms with van der Waals surface area (Å²) in [6.07, 6.45) is -1.54. The van der Waals surface area contributed by atoms with Crippen LogP contribution in [0, 0.1) is 0 Å². The Kier molecular flexibility index (Phi) is 3.09. The van der Waals surface area contributed by atoms with Gasteiger partial charge < -0.3 is 10.3 Å². The molecule has 0 saturated carbocycles. The van der Waals surface area contributed by atoms with Crippen molar-refractivity contribution >= 4 is 0 Å². The zero-order valence-electron chi connectivity index (χ0n) is 6.33. The van der Waals surface area contributed by atoms with Crippen molar-refractivity contribution in [3.63, 3.8) is 0 Å². The van der Waals surface area contributed by atoms with Crippen LogP contribution < -0.4 is 5.73 Å². The first-order valence-electron chi connectivity index (χ1n) is 3.54. The normalized spacial score (nSPS) is 11.0. The molecule has 0 aromatic carbocycles. The molecule has 0 saturated heterocycles. The van der Waals surface area contributed by atoms with E-state index >= 15 is 0 Å². The minimum atomic E-state index is -2.69. The highest BCUT2D eigenvalue weighted by Gasteiger charge is 2.15. The number of halogens is 2. The molecule has 1 heterocycles. The van der Waals surface area contributed by atoms with Crippen molar-refractivity contribution in [3.8, 4) is 0 Å². The van der Waals surface area contributed by atoms with Crippen molar-refractivity contribution in [2.75, 3.05) is 6.54 Å². The number of alkyl halides is 2. The van der Waals surface area contributed by atoms with Gasteiger partial charge in [-0.1, -0.05) is 5.16 Å². The predicted molar refractivity (Wildman–Crippen MR) is 36.6 cm³/mol. The van der Waals surface area contributed by atoms with Crippen molar-refractivity contribution in [1.29, 1.82) is 0 Å². The summed E-state index contributed by atoms with van der Waals surface area (Å²) in [5, 5.41) is 3.35. The third kappa shape index (κ3) is 2.23. The van der Waals surface area contributed by atoms with E-state index in [0.717, 1.165) is 0 Å². The van der Waals surface area contributed by atoms with Crippen molar-refractivity contribution in [1.82, 2.24) is 10.1 Å². The van der Waals surface area contributed by atoms with Crippen LogP contribution in [0.4, 0.5) is 8.78 Å². The fraction of sp³-hybridized carbons (Fsp3) is 0.667. The van der Waals surface area contributed by atoms with Crippen molar-refractivity contribution < 1.29 is 13.3 Å². The van der Waals surface area contributed by atoms with Gasteiger partial charge in [0.15, 0.2) is 5.82 Å². The molecule has 6 heteroatoms. The Bertz CT molecular complexity index is 238. The van der Waals surface area contributed by atoms with Gasteiger partial charge in [-0.3, -0.25) is 0 Å². The number of nitrogens with zero attached hydrogens (tertiary/aromatic N) is 2. The van der Waals surface area contributed by atoms with Gasteiger partial charge in [-0.15, -0.1) is 0 Å². The van der Waals surface area contributed by atoms with Gasteiger partial charge in [-0.25, -0.2) is 0 Å². The van der Waals surface area contributed by atoms with Crippen LogP contribution in [0.15, 0.2) is 4.52 Å². The maximum atomic E-state index is 11.9. The van der Waals surface area contributed by atoms with E-state index in [4.69, 9.17) is 5.73 Å². The fourth-order valence-corrected chi connectivity index (χ4v) is 0.718. The Morgan fingerprint density at radius 1 is 1.50 bits per heavy atom. The Morgan fingerprint density at radius 3 is 2.75 bits per heavy atom. The number of aryl methyl sites for hydroxylation is 1. The number of hydrogen-bond acceptors (Lipinski definition) is 4. The Hall–Kier alpha value is -1.04. The van der Waals surface area contributed by atoms with Gasteiger partial charge in [0.25, 0.3) is 5.89 Å². The fourth-order valence-electron chi connectivity index (χ4n) is 0.718. The molecule has 0 fully saturated rings. The van der Waals surface area contributed by atoms with Crippen molar-refractivity contribution in [2.45, 2.75) is 19.3 Å². The Balaban J connectivity index is 2.52. The average Bonchev–Trinajstić information content (AvgIpc) is 2.48. The first kappa shape index (κ1) is 9.05. The molecule has 0 amide bonds. The summed E-state index contributed by atoms with van der Waals surface area (Å²) in [4.78, 5) is 3.46. The van der Waals surface area contributed by atoms with Crippen molar-refractivity contribution in [2.24, 2.45) is 5.73 Å². The van der Waals surface area contributed by atoms with Gasteiger partial charge in [0.05, 0.1) is 0 Å². The number of rotatable bonds is 4. The zero-order valence-corrected chi connectivity index (χ0v) is 6.33. The molecule has 1 aromatic rings. The lowest BCUT2D eigenvalue weighted by Crippen LogP contribution is -2.01. The highest BCUT2D eigenvalue weighted by molar-refractivity contribution is 4.87. The van der Waals surface area contributed by atoms with E-state index in [2.05, 4.69) is 14.7 Å². The lowest BCUT2D eigenvalue weighted by atomic mass is 10.3. The van der Waals surface area contributed by atoms with Crippen LogP contribution in [0.5, 0.6) is 0 Å². The molecule has 68 valence electrons. The second-order valence-corrected chi connectivity index (χ2v) is 2.24. The van der Waals surface area contributed by atoms with E-state index in [1.165, 1.54) is 0 Å². The summed E-state index contributed by atoms with van der Waals surface area (Å²) in [5.41, 5.74) is 5.21. The molecule has 0 spiro atoms. The van der Waals surface area contributed by atoms with Gasteiger partial charge >= 0.3 is 6.43 Å². The number of nitrogens with two attached hydrogens (primary N) is 1. The molecule has 0 aliphatic carbocycles. The van der Waals surface area contributed by atoms with Gasteiger partial charge in [-0.05, 0) is 13.0 Å². The van der Waals surface area contributed by atoms with E-state index in [-0.39, 0.29) is 5.82 Å². The minimum Gasteiger partial charge on any atom is -0.333 e. The molecule has 0 aliphatic heterocycles. The molecule has 0 unspecified atom stereocenters. The number of hydrogen-bond donors (Lipinski definition) is 1. The molecule has 0 aliphatic rings. The summed E-state index contributed by atoms with van der Waals surface area (Å²) in [6, 6.07) is 0. The maximum absolute atomic E-state index is 11.9. The van der Waals surface area contributed by atoms with E-state index < -0.39 is 12.3 Å². The first-order chi connectivity index (χ1) is 5.74. The van der Waals surface area contributed by atoms with Gasteiger partial charge in [0.2, 0.25) is 0 Å². The van der Waals surface area contributed by atoms with E-state index in [1.807, 2.05) is 0 Å². The second kappa shape index (κ2) is 4.10. The van der Waals surface area contributed by atoms with Gasteiger partial charge in [0, 0.05) is 6.42 Å². The summed E-state index contributed by atoms with van der Waals surface area (Å²) in [7, 11) is 0. The smallest absolute Gasteiger partial charge is 0.315 e. The SMILES string of the molecule is NCCCc1noc(C(F)F)n1. The molecule has 1 aromatic heterocycles. The molecule has 0 bridgehead atoms. The van der Waals surface area contributed by atoms with Crippen LogP contribution in [0.25, 0.3) is 0 Å². The lowest BCUT2D eigenvalue weighted by Gasteiger charge is -1.88. The number of aromatic nitrogens is 2. The van der Waals surface area contributed by atoms with Crippen LogP contribution in [0.1, 0.15) is 24.6 Å². The monoisotopic (exact) mass is 177 g/mol. The largest absolute Gasteiger partial charge is 0.333 e. The molecule has 4 nitrogen and oxygen atoms in total. The summed E-state index contributed by atoms with van der Waals surface area (Å²) >= 11 is 0. The third-order valence-electron chi connectivity index (χ3n) is 1.27. The topological polar surface area (TPSA) is 64.9 Å². The standard InChI is InChI=1S/C6H9F2N3O/c7-5(8)6-10-4(11-12-6)2-1-3-9/h5H,1-3,9H2. The molecule has 2 N–H and O–H groups in total. The van der Waals surface area contributed by atoms with Crippen LogP contribution in [-0.2, 0) is 6.42 Å². The average molecular weight is 177 g/mol. The Labute approximate surface area is 67.7 Å². The van der Waals surface area contributed by atoms with Gasteiger partial charge in [0.1, 0.15) is 0 Å². The van der Waals surface area contributed by atoms with Crippen LogP contribution >= 0.6 is 0 Å². The van der Waals surface area contributed by atoms with Crippen LogP contribution in [-0.4, -0.2) is 16.7 Å². The molecular weight excluding hydrogens is 168 g/mol. The summed E-state index contributed by atoms with van der Waals surface area (Å²) in [6.45, 7) is 0.485. The minimum absolute atomic E-state index is 0.288. The van der Waals surface area contributed by atoms with E-state index in [0.29, 0.717) is 19.4 Å². The molecule has 1 rings (SSSR count). The predicted octanol–water partition coefficient (Wildman–Crippen LogP) is 0.899. The molecule has 0 atom stereocenters. The molecule has 12 heavy (non-hydrogen) atoms. The summed E-state index contributed by atoms with van der Waals surface area (Å²) in [5.74, 6) is -0.335. The van der Waals surface area contributed by atoms with Crippen LogP contribution in [0.2, 0.25) is 0 Å². The third-order valence-corrected chi connectivity index (χ3v) is 1.27. The van der Waals surface area contributed by atoms with Crippen LogP contribution in [0.3, 0.4) is 0 Å². The van der Waals surface area contributed by atoms with Crippen molar-refractivity contribution in [3.05, 3.63) is 11.7 Å². The van der Waals surface area contributed by atoms with Gasteiger partial charge in [-0.2, -0.15) is 13.8 Å². The Morgan fingerprint density at radius 2 is 2.25 bits per heavy atom. The molecule has 0 radical (unpaired) electrons. The van der Waals surface area contributed by atoms with E-state index in [9.17, 15) is 8.78 Å². The second-order valence-electron chi connectivity index (χ2n) is 2.24. The summed E-state index contributed by atoms with van der Waals surface area (Å²) < 4.78 is 28.0. The lowest BCUT2D eigenvalue weighted by molar-refractivity contribution is 0.106. The highest BCUT2D eigenvalue weighted by atomic mass is 19.3. The zero-order chi connectivity index (χ0) is 8.97. The highest BCUT2D eigenvalue weighted by Crippen LogP contribution is 2.15. The first-order valence-corrected chi connectivity index (χ1v) is 3.54.